The quantitative estimate of drug-likeness (QED) is 0.916. The Balaban J connectivity index is 1.57. The second kappa shape index (κ2) is 6.83. The summed E-state index contributed by atoms with van der Waals surface area (Å²) in [6.45, 7) is 1.13. The van der Waals surface area contributed by atoms with Crippen LogP contribution >= 0.6 is 11.3 Å². The molecule has 1 aromatic carbocycles. The number of carbonyl (C=O) groups excluding carboxylic acids is 2. The lowest BCUT2D eigenvalue weighted by Crippen LogP contribution is -2.30. The number of benzene rings is 1. The van der Waals surface area contributed by atoms with Crippen LogP contribution in [0, 0.1) is 5.92 Å². The number of nitrogens with one attached hydrogen (secondary N) is 1. The number of carbonyl (C=O) groups is 2. The lowest BCUT2D eigenvalue weighted by molar-refractivity contribution is -0.117. The zero-order valence-electron chi connectivity index (χ0n) is 12.8. The smallest absolute Gasteiger partial charge is 0.261 e. The van der Waals surface area contributed by atoms with Crippen LogP contribution in [0.15, 0.2) is 41.8 Å². The number of hydrogen-bond donors (Lipinski definition) is 1. The van der Waals surface area contributed by atoms with Crippen LogP contribution in [0.25, 0.3) is 0 Å². The highest BCUT2D eigenvalue weighted by molar-refractivity contribution is 7.12. The molecule has 1 saturated heterocycles. The fourth-order valence-electron chi connectivity index (χ4n) is 2.66. The average molecular weight is 330 g/mol. The molecule has 0 bridgehead atoms. The van der Waals surface area contributed by atoms with Crippen LogP contribution in [0.3, 0.4) is 0 Å². The number of methoxy groups -OCH3 is 1. The van der Waals surface area contributed by atoms with Crippen molar-refractivity contribution in [3.05, 3.63) is 46.7 Å². The van der Waals surface area contributed by atoms with E-state index in [9.17, 15) is 9.59 Å². The van der Waals surface area contributed by atoms with Crippen LogP contribution in [0.1, 0.15) is 16.1 Å². The molecular weight excluding hydrogens is 312 g/mol. The molecule has 5 nitrogen and oxygen atoms in total. The van der Waals surface area contributed by atoms with Crippen LogP contribution in [-0.4, -0.2) is 32.0 Å². The number of nitrogens with zero attached hydrogens (tertiary/aromatic N) is 1. The van der Waals surface area contributed by atoms with Crippen molar-refractivity contribution in [2.24, 2.45) is 5.92 Å². The van der Waals surface area contributed by atoms with E-state index in [0.29, 0.717) is 24.4 Å². The maximum atomic E-state index is 12.2. The van der Waals surface area contributed by atoms with Gasteiger partial charge in [0.25, 0.3) is 5.91 Å². The Morgan fingerprint density at radius 3 is 2.78 bits per heavy atom. The third-order valence-corrected chi connectivity index (χ3v) is 4.75. The summed E-state index contributed by atoms with van der Waals surface area (Å²) in [6, 6.07) is 11.1. The van der Waals surface area contributed by atoms with E-state index in [0.717, 1.165) is 11.4 Å². The van der Waals surface area contributed by atoms with Gasteiger partial charge in [-0.2, -0.15) is 0 Å². The van der Waals surface area contributed by atoms with Gasteiger partial charge in [0.15, 0.2) is 0 Å². The molecule has 1 atom stereocenters. The zero-order valence-corrected chi connectivity index (χ0v) is 13.6. The van der Waals surface area contributed by atoms with Gasteiger partial charge >= 0.3 is 0 Å². The Morgan fingerprint density at radius 2 is 2.13 bits per heavy atom. The highest BCUT2D eigenvalue weighted by atomic mass is 32.1. The fraction of sp³-hybridized carbons (Fsp3) is 0.294. The number of anilines is 1. The Labute approximate surface area is 138 Å². The second-order valence-corrected chi connectivity index (χ2v) is 6.41. The molecule has 1 N–H and O–H groups in total. The molecule has 1 fully saturated rings. The van der Waals surface area contributed by atoms with Gasteiger partial charge in [-0.1, -0.05) is 6.07 Å². The van der Waals surface area contributed by atoms with E-state index in [1.807, 2.05) is 35.7 Å². The van der Waals surface area contributed by atoms with Crippen molar-refractivity contribution < 1.29 is 14.3 Å². The monoisotopic (exact) mass is 330 g/mol. The van der Waals surface area contributed by atoms with E-state index in [1.54, 1.807) is 18.1 Å². The number of thiophene rings is 1. The average Bonchev–Trinajstić information content (AvgIpc) is 3.22. The molecule has 2 heterocycles. The van der Waals surface area contributed by atoms with Crippen molar-refractivity contribution in [1.82, 2.24) is 5.32 Å². The summed E-state index contributed by atoms with van der Waals surface area (Å²) < 4.78 is 5.13. The topological polar surface area (TPSA) is 58.6 Å². The third-order valence-electron chi connectivity index (χ3n) is 3.89. The fourth-order valence-corrected chi connectivity index (χ4v) is 3.30. The minimum absolute atomic E-state index is 0.0738. The molecule has 2 amide bonds. The van der Waals surface area contributed by atoms with Crippen molar-refractivity contribution in [3.63, 3.8) is 0 Å². The van der Waals surface area contributed by atoms with Gasteiger partial charge in [0.05, 0.1) is 12.0 Å². The third kappa shape index (κ3) is 3.53. The minimum Gasteiger partial charge on any atom is -0.497 e. The van der Waals surface area contributed by atoms with Gasteiger partial charge in [-0.25, -0.2) is 0 Å². The standard InChI is InChI=1S/C17H18N2O3S/c1-22-14-6-4-13(5-7-14)19-11-12(9-16(19)20)10-18-17(21)15-3-2-8-23-15/h2-8,12H,9-11H2,1H3,(H,18,21). The summed E-state index contributed by atoms with van der Waals surface area (Å²) in [5, 5.41) is 4.78. The van der Waals surface area contributed by atoms with E-state index in [-0.39, 0.29) is 17.7 Å². The van der Waals surface area contributed by atoms with Gasteiger partial charge in [-0.3, -0.25) is 9.59 Å². The molecule has 6 heteroatoms. The van der Waals surface area contributed by atoms with Crippen molar-refractivity contribution in [1.29, 1.82) is 0 Å². The molecule has 0 saturated carbocycles. The molecule has 1 aliphatic rings. The number of hydrogen-bond acceptors (Lipinski definition) is 4. The SMILES string of the molecule is COc1ccc(N2CC(CNC(=O)c3cccs3)CC2=O)cc1. The lowest BCUT2D eigenvalue weighted by atomic mass is 10.1. The van der Waals surface area contributed by atoms with E-state index in [1.165, 1.54) is 11.3 Å². The lowest BCUT2D eigenvalue weighted by Gasteiger charge is -2.17. The number of ether oxygens (including phenoxy) is 1. The van der Waals surface area contributed by atoms with Crippen molar-refractivity contribution in [2.75, 3.05) is 25.1 Å². The van der Waals surface area contributed by atoms with Crippen LogP contribution in [0.2, 0.25) is 0 Å². The van der Waals surface area contributed by atoms with Gasteiger partial charge < -0.3 is 15.0 Å². The van der Waals surface area contributed by atoms with E-state index < -0.39 is 0 Å². The normalized spacial score (nSPS) is 17.3. The Bertz CT molecular complexity index is 682. The summed E-state index contributed by atoms with van der Waals surface area (Å²) in [5.74, 6) is 0.912. The molecule has 120 valence electrons. The molecule has 1 aromatic heterocycles. The summed E-state index contributed by atoms with van der Waals surface area (Å²) in [5.41, 5.74) is 0.864. The van der Waals surface area contributed by atoms with Crippen LogP contribution in [0.4, 0.5) is 5.69 Å². The Kier molecular flexibility index (Phi) is 4.62. The molecule has 0 spiro atoms. The van der Waals surface area contributed by atoms with Crippen LogP contribution in [0.5, 0.6) is 5.75 Å². The number of amides is 2. The molecule has 2 aromatic rings. The van der Waals surface area contributed by atoms with Gasteiger partial charge in [-0.15, -0.1) is 11.3 Å². The maximum Gasteiger partial charge on any atom is 0.261 e. The first kappa shape index (κ1) is 15.6. The summed E-state index contributed by atoms with van der Waals surface area (Å²) in [4.78, 5) is 26.6. The van der Waals surface area contributed by atoms with Gasteiger partial charge in [0, 0.05) is 31.1 Å². The Hall–Kier alpha value is -2.34. The molecule has 1 unspecified atom stereocenters. The predicted molar refractivity (Wildman–Crippen MR) is 90.1 cm³/mol. The predicted octanol–water partition coefficient (Wildman–Crippen LogP) is 2.54. The summed E-state index contributed by atoms with van der Waals surface area (Å²) >= 11 is 1.41. The first-order valence-corrected chi connectivity index (χ1v) is 8.31. The van der Waals surface area contributed by atoms with Gasteiger partial charge in [0.1, 0.15) is 5.75 Å². The molecule has 0 radical (unpaired) electrons. The van der Waals surface area contributed by atoms with Crippen molar-refractivity contribution in [2.45, 2.75) is 6.42 Å². The Morgan fingerprint density at radius 1 is 1.35 bits per heavy atom. The molecular formula is C17H18N2O3S. The number of rotatable bonds is 5. The zero-order chi connectivity index (χ0) is 16.2. The molecule has 0 aliphatic carbocycles. The highest BCUT2D eigenvalue weighted by Crippen LogP contribution is 2.26. The molecule has 3 rings (SSSR count). The largest absolute Gasteiger partial charge is 0.497 e. The molecule has 1 aliphatic heterocycles. The van der Waals surface area contributed by atoms with Gasteiger partial charge in [-0.05, 0) is 35.7 Å². The second-order valence-electron chi connectivity index (χ2n) is 5.46. The summed E-state index contributed by atoms with van der Waals surface area (Å²) in [6.07, 6.45) is 0.455. The van der Waals surface area contributed by atoms with Crippen LogP contribution < -0.4 is 15.0 Å². The van der Waals surface area contributed by atoms with Crippen LogP contribution in [-0.2, 0) is 4.79 Å². The van der Waals surface area contributed by atoms with Crippen molar-refractivity contribution in [3.8, 4) is 5.75 Å². The first-order valence-electron chi connectivity index (χ1n) is 7.43. The first-order chi connectivity index (χ1) is 11.2. The highest BCUT2D eigenvalue weighted by Gasteiger charge is 2.30. The van der Waals surface area contributed by atoms with Crippen molar-refractivity contribution >= 4 is 28.8 Å². The van der Waals surface area contributed by atoms with E-state index >= 15 is 0 Å². The molecule has 23 heavy (non-hydrogen) atoms. The minimum atomic E-state index is -0.0738. The van der Waals surface area contributed by atoms with E-state index in [4.69, 9.17) is 4.74 Å². The van der Waals surface area contributed by atoms with E-state index in [2.05, 4.69) is 5.32 Å². The maximum absolute atomic E-state index is 12.2. The summed E-state index contributed by atoms with van der Waals surface area (Å²) in [7, 11) is 1.61. The van der Waals surface area contributed by atoms with Gasteiger partial charge in [0.2, 0.25) is 5.91 Å².